The summed E-state index contributed by atoms with van der Waals surface area (Å²) in [6, 6.07) is 20.1. The van der Waals surface area contributed by atoms with E-state index in [4.69, 9.17) is 16.6 Å². The van der Waals surface area contributed by atoms with Crippen molar-refractivity contribution in [3.05, 3.63) is 95.5 Å². The summed E-state index contributed by atoms with van der Waals surface area (Å²) in [5.74, 6) is -0.288. The minimum atomic E-state index is -0.331. The lowest BCUT2D eigenvalue weighted by Crippen LogP contribution is -2.26. The molecule has 0 radical (unpaired) electrons. The number of halogens is 1. The molecule has 0 bridgehead atoms. The minimum Gasteiger partial charge on any atom is -0.322 e. The molecule has 4 aromatic rings. The van der Waals surface area contributed by atoms with E-state index >= 15 is 0 Å². The third-order valence-corrected chi connectivity index (χ3v) is 5.81. The van der Waals surface area contributed by atoms with Crippen LogP contribution in [-0.4, -0.2) is 27.9 Å². The van der Waals surface area contributed by atoms with E-state index in [-0.39, 0.29) is 17.2 Å². The first-order chi connectivity index (χ1) is 17.6. The summed E-state index contributed by atoms with van der Waals surface area (Å²) < 4.78 is 1.85. The number of nitrogens with zero attached hydrogens (tertiary/aromatic N) is 2. The quantitative estimate of drug-likeness (QED) is 0.244. The van der Waals surface area contributed by atoms with Crippen molar-refractivity contribution in [3.63, 3.8) is 0 Å². The van der Waals surface area contributed by atoms with Crippen molar-refractivity contribution in [2.24, 2.45) is 5.41 Å². The molecule has 0 aliphatic rings. The molecule has 0 fully saturated rings. The van der Waals surface area contributed by atoms with Crippen LogP contribution in [0, 0.1) is 5.41 Å². The van der Waals surface area contributed by atoms with Gasteiger partial charge in [-0.2, -0.15) is 0 Å². The molecule has 190 valence electrons. The Kier molecular flexibility index (Phi) is 7.76. The molecule has 2 amide bonds. The molecule has 0 unspecified atom stereocenters. The smallest absolute Gasteiger partial charge is 0.258 e. The van der Waals surface area contributed by atoms with Gasteiger partial charge in [-0.3, -0.25) is 19.5 Å². The zero-order valence-electron chi connectivity index (χ0n) is 21.1. The second-order valence-corrected chi connectivity index (χ2v) is 10.4. The van der Waals surface area contributed by atoms with E-state index in [1.54, 1.807) is 30.3 Å². The maximum absolute atomic E-state index is 13.1. The molecule has 0 spiro atoms. The Labute approximate surface area is 221 Å². The van der Waals surface area contributed by atoms with Gasteiger partial charge in [-0.25, -0.2) is 4.98 Å². The normalized spacial score (nSPS) is 11.4. The molecule has 3 aromatic carbocycles. The lowest BCUT2D eigenvalue weighted by molar-refractivity contribution is -0.111. The Bertz CT molecular complexity index is 1470. The summed E-state index contributed by atoms with van der Waals surface area (Å²) >= 11 is 6.09. The number of aromatic nitrogens is 2. The molecule has 0 aliphatic carbocycles. The molecule has 0 aliphatic heterocycles. The van der Waals surface area contributed by atoms with Crippen molar-refractivity contribution >= 4 is 46.1 Å². The predicted molar refractivity (Wildman–Crippen MR) is 150 cm³/mol. The van der Waals surface area contributed by atoms with Crippen molar-refractivity contribution in [3.8, 4) is 5.69 Å². The van der Waals surface area contributed by atoms with Crippen molar-refractivity contribution in [1.29, 1.82) is 0 Å². The molecule has 8 heteroatoms. The predicted octanol–water partition coefficient (Wildman–Crippen LogP) is 6.19. The number of imidazole rings is 1. The number of fused-ring (bicyclic) bond motifs is 1. The molecule has 0 saturated carbocycles. The fourth-order valence-electron chi connectivity index (χ4n) is 3.88. The third kappa shape index (κ3) is 6.64. The Hall–Kier alpha value is -3.94. The Morgan fingerprint density at radius 3 is 2.54 bits per heavy atom. The molecule has 1 heterocycles. The van der Waals surface area contributed by atoms with Crippen LogP contribution >= 0.6 is 11.6 Å². The number of carbonyl (C=O) groups is 2. The molecule has 7 nitrogen and oxygen atoms in total. The van der Waals surface area contributed by atoms with Crippen LogP contribution in [0.2, 0.25) is 5.02 Å². The van der Waals surface area contributed by atoms with Gasteiger partial charge in [0.05, 0.1) is 16.7 Å². The van der Waals surface area contributed by atoms with E-state index in [1.807, 2.05) is 41.0 Å². The monoisotopic (exact) mass is 515 g/mol. The van der Waals surface area contributed by atoms with Gasteiger partial charge in [0, 0.05) is 29.4 Å². The number of carbonyl (C=O) groups excluding carboxylic acids is 2. The Balaban J connectivity index is 1.74. The lowest BCUT2D eigenvalue weighted by Gasteiger charge is -2.18. The molecule has 4 rings (SSSR count). The molecular formula is C29H30ClN5O2. The van der Waals surface area contributed by atoms with Crippen LogP contribution in [0.25, 0.3) is 16.7 Å². The van der Waals surface area contributed by atoms with E-state index in [1.165, 1.54) is 6.08 Å². The number of amides is 2. The second-order valence-electron chi connectivity index (χ2n) is 9.97. The molecule has 37 heavy (non-hydrogen) atoms. The van der Waals surface area contributed by atoms with Gasteiger partial charge >= 0.3 is 0 Å². The summed E-state index contributed by atoms with van der Waals surface area (Å²) in [5, 5.41) is 9.66. The third-order valence-electron chi connectivity index (χ3n) is 5.57. The number of rotatable bonds is 8. The molecular weight excluding hydrogens is 486 g/mol. The van der Waals surface area contributed by atoms with Gasteiger partial charge < -0.3 is 10.6 Å². The van der Waals surface area contributed by atoms with E-state index in [2.05, 4.69) is 43.3 Å². The van der Waals surface area contributed by atoms with Crippen LogP contribution in [0.1, 0.15) is 36.7 Å². The van der Waals surface area contributed by atoms with Crippen LogP contribution in [0.4, 0.5) is 11.6 Å². The zero-order valence-corrected chi connectivity index (χ0v) is 21.9. The van der Waals surface area contributed by atoms with Crippen molar-refractivity contribution < 1.29 is 9.59 Å². The zero-order chi connectivity index (χ0) is 26.6. The van der Waals surface area contributed by atoms with Crippen LogP contribution < -0.4 is 16.0 Å². The molecule has 0 atom stereocenters. The SMILES string of the molecule is C=CC(=O)Nc1cccc(-n2c(NC(=O)c3cccc(Cl)c3)nc3cc(CNCC(C)(C)C)ccc32)c1. The topological polar surface area (TPSA) is 88.1 Å². The number of hydrogen-bond donors (Lipinski definition) is 3. The average Bonchev–Trinajstić information content (AvgIpc) is 3.20. The maximum atomic E-state index is 13.1. The van der Waals surface area contributed by atoms with Crippen molar-refractivity contribution in [2.45, 2.75) is 27.3 Å². The summed E-state index contributed by atoms with van der Waals surface area (Å²) in [4.78, 5) is 29.7. The fourth-order valence-corrected chi connectivity index (χ4v) is 4.07. The average molecular weight is 516 g/mol. The molecule has 1 aromatic heterocycles. The number of benzene rings is 3. The first-order valence-electron chi connectivity index (χ1n) is 12.0. The molecule has 0 saturated heterocycles. The lowest BCUT2D eigenvalue weighted by atomic mass is 9.97. The summed E-state index contributed by atoms with van der Waals surface area (Å²) in [5.41, 5.74) is 4.55. The van der Waals surface area contributed by atoms with Gasteiger partial charge in [0.15, 0.2) is 0 Å². The second kappa shape index (κ2) is 11.0. The number of anilines is 2. The largest absolute Gasteiger partial charge is 0.322 e. The van der Waals surface area contributed by atoms with Gasteiger partial charge in [-0.05, 0) is 65.6 Å². The number of nitrogens with one attached hydrogen (secondary N) is 3. The minimum absolute atomic E-state index is 0.176. The molecule has 3 N–H and O–H groups in total. The summed E-state index contributed by atoms with van der Waals surface area (Å²) in [6.07, 6.45) is 1.21. The Morgan fingerprint density at radius 2 is 1.81 bits per heavy atom. The van der Waals surface area contributed by atoms with Crippen molar-refractivity contribution in [1.82, 2.24) is 14.9 Å². The van der Waals surface area contributed by atoms with Crippen LogP contribution in [0.3, 0.4) is 0 Å². The van der Waals surface area contributed by atoms with Gasteiger partial charge in [0.1, 0.15) is 0 Å². The highest BCUT2D eigenvalue weighted by Crippen LogP contribution is 2.28. The van der Waals surface area contributed by atoms with E-state index in [0.717, 1.165) is 28.8 Å². The van der Waals surface area contributed by atoms with Crippen molar-refractivity contribution in [2.75, 3.05) is 17.2 Å². The highest BCUT2D eigenvalue weighted by molar-refractivity contribution is 6.31. The van der Waals surface area contributed by atoms with E-state index in [0.29, 0.717) is 28.8 Å². The highest BCUT2D eigenvalue weighted by atomic mass is 35.5. The van der Waals surface area contributed by atoms with Crippen LogP contribution in [-0.2, 0) is 11.3 Å². The standard InChI is InChI=1S/C29H30ClN5O2/c1-5-26(36)32-22-10-7-11-23(16-22)35-25-13-12-19(17-31-18-29(2,3)4)14-24(25)33-28(35)34-27(37)20-8-6-9-21(30)15-20/h5-16,31H,1,17-18H2,2-4H3,(H,32,36)(H,33,34,37). The van der Waals surface area contributed by atoms with Crippen LogP contribution in [0.15, 0.2) is 79.4 Å². The maximum Gasteiger partial charge on any atom is 0.258 e. The van der Waals surface area contributed by atoms with E-state index in [9.17, 15) is 9.59 Å². The number of hydrogen-bond acceptors (Lipinski definition) is 4. The van der Waals surface area contributed by atoms with E-state index < -0.39 is 0 Å². The van der Waals surface area contributed by atoms with Crippen LogP contribution in [0.5, 0.6) is 0 Å². The van der Waals surface area contributed by atoms with Gasteiger partial charge in [-0.15, -0.1) is 0 Å². The first kappa shape index (κ1) is 26.1. The Morgan fingerprint density at radius 1 is 1.03 bits per heavy atom. The van der Waals surface area contributed by atoms with Gasteiger partial charge in [0.25, 0.3) is 5.91 Å². The van der Waals surface area contributed by atoms with Gasteiger partial charge in [-0.1, -0.05) is 57.2 Å². The highest BCUT2D eigenvalue weighted by Gasteiger charge is 2.17. The van der Waals surface area contributed by atoms with Gasteiger partial charge in [0.2, 0.25) is 11.9 Å². The summed E-state index contributed by atoms with van der Waals surface area (Å²) in [7, 11) is 0. The fraction of sp³-hybridized carbons (Fsp3) is 0.207. The first-order valence-corrected chi connectivity index (χ1v) is 12.3. The summed E-state index contributed by atoms with van der Waals surface area (Å²) in [6.45, 7) is 11.6.